The van der Waals surface area contributed by atoms with Gasteiger partial charge in [-0.2, -0.15) is 0 Å². The van der Waals surface area contributed by atoms with E-state index in [1.165, 1.54) is 0 Å². The number of phenols is 1. The number of benzene rings is 3. The molecule has 0 bridgehead atoms. The van der Waals surface area contributed by atoms with Crippen LogP contribution in [0.15, 0.2) is 83.9 Å². The van der Waals surface area contributed by atoms with E-state index in [-0.39, 0.29) is 20.7 Å². The van der Waals surface area contributed by atoms with Gasteiger partial charge in [-0.15, -0.1) is 0 Å². The van der Waals surface area contributed by atoms with Crippen molar-refractivity contribution in [3.8, 4) is 5.75 Å². The second-order valence-corrected chi connectivity index (χ2v) is 13.1. The normalized spacial score (nSPS) is 10.6. The SMILES string of the molecule is Cc1cccc(C(=Nc2ccccc2)c2ccccc2)c1O.[Br][Ti][Br]. The van der Waals surface area contributed by atoms with Gasteiger partial charge < -0.3 is 5.11 Å². The predicted molar refractivity (Wildman–Crippen MR) is 109 cm³/mol. The van der Waals surface area contributed by atoms with Gasteiger partial charge in [0.05, 0.1) is 11.4 Å². The summed E-state index contributed by atoms with van der Waals surface area (Å²) in [6.07, 6.45) is 0. The van der Waals surface area contributed by atoms with Crippen LogP contribution >= 0.6 is 26.3 Å². The van der Waals surface area contributed by atoms with E-state index in [0.29, 0.717) is 0 Å². The van der Waals surface area contributed by atoms with Gasteiger partial charge in [-0.1, -0.05) is 60.7 Å². The zero-order valence-electron chi connectivity index (χ0n) is 13.7. The number of rotatable bonds is 3. The molecule has 0 saturated carbocycles. The average molecular weight is 495 g/mol. The molecule has 3 aromatic rings. The summed E-state index contributed by atoms with van der Waals surface area (Å²) < 4.78 is 0. The fourth-order valence-electron chi connectivity index (χ4n) is 2.36. The van der Waals surface area contributed by atoms with Crippen LogP contribution in [0.2, 0.25) is 0 Å². The number of phenolic OH excluding ortho intramolecular Hbond substituents is 1. The number of aliphatic imine (C=N–C) groups is 1. The van der Waals surface area contributed by atoms with Crippen LogP contribution in [0.5, 0.6) is 5.75 Å². The third-order valence-corrected chi connectivity index (χ3v) is 3.54. The van der Waals surface area contributed by atoms with Gasteiger partial charge in [0.1, 0.15) is 5.75 Å². The number of aromatic hydroxyl groups is 1. The number of hydrogen-bond donors (Lipinski definition) is 1. The van der Waals surface area contributed by atoms with Crippen LogP contribution in [-0.4, -0.2) is 10.8 Å². The summed E-state index contributed by atoms with van der Waals surface area (Å²) in [4.78, 5) is 4.76. The predicted octanol–water partition coefficient (Wildman–Crippen LogP) is 6.56. The standard InChI is InChI=1S/C20H17NO.2BrH.Ti/c1-15-9-8-14-18(20(15)22)19(16-10-4-2-5-11-16)21-17-12-6-3-7-13-17;;;/h2-14,22H,1H3;2*1H;/q;;;+2/p-2. The van der Waals surface area contributed by atoms with Crippen molar-refractivity contribution < 1.29 is 20.1 Å². The molecule has 0 aromatic heterocycles. The summed E-state index contributed by atoms with van der Waals surface area (Å²) >= 11 is 6.50. The second kappa shape index (κ2) is 10.7. The van der Waals surface area contributed by atoms with Gasteiger partial charge in [-0.05, 0) is 30.7 Å². The van der Waals surface area contributed by atoms with Crippen LogP contribution in [0, 0.1) is 6.92 Å². The summed E-state index contributed by atoms with van der Waals surface area (Å²) in [7, 11) is 0. The first-order chi connectivity index (χ1) is 12.2. The molecule has 0 atom stereocenters. The van der Waals surface area contributed by atoms with E-state index in [9.17, 15) is 5.11 Å². The van der Waals surface area contributed by atoms with E-state index in [2.05, 4.69) is 26.3 Å². The number of para-hydroxylation sites is 2. The van der Waals surface area contributed by atoms with Crippen molar-refractivity contribution in [3.05, 3.63) is 95.6 Å². The first-order valence-electron chi connectivity index (χ1n) is 7.61. The molecular formula is C20H17Br2NOTi. The van der Waals surface area contributed by atoms with Gasteiger partial charge in [-0.3, -0.25) is 0 Å². The molecule has 3 rings (SSSR count). The second-order valence-electron chi connectivity index (χ2n) is 5.20. The molecule has 0 fully saturated rings. The molecular weight excluding hydrogens is 478 g/mol. The Kier molecular flexibility index (Phi) is 8.63. The molecule has 0 unspecified atom stereocenters. The molecule has 5 heteroatoms. The molecule has 25 heavy (non-hydrogen) atoms. The van der Waals surface area contributed by atoms with E-state index in [0.717, 1.165) is 28.1 Å². The fraction of sp³-hybridized carbons (Fsp3) is 0.0500. The van der Waals surface area contributed by atoms with Gasteiger partial charge >= 0.3 is 41.3 Å². The Morgan fingerprint density at radius 2 is 1.40 bits per heavy atom. The van der Waals surface area contributed by atoms with Crippen LogP contribution < -0.4 is 0 Å². The Morgan fingerprint density at radius 1 is 0.840 bits per heavy atom. The maximum atomic E-state index is 10.4. The van der Waals surface area contributed by atoms with Gasteiger partial charge in [0.25, 0.3) is 0 Å². The third kappa shape index (κ3) is 5.93. The summed E-state index contributed by atoms with van der Waals surface area (Å²) in [5.41, 5.74) is 4.20. The first-order valence-corrected chi connectivity index (χ1v) is 15.3. The first kappa shape index (κ1) is 20.1. The van der Waals surface area contributed by atoms with Crippen LogP contribution in [0.1, 0.15) is 16.7 Å². The zero-order chi connectivity index (χ0) is 18.1. The Labute approximate surface area is 170 Å². The molecule has 0 radical (unpaired) electrons. The monoisotopic (exact) mass is 493 g/mol. The summed E-state index contributed by atoms with van der Waals surface area (Å²) in [6, 6.07) is 25.4. The van der Waals surface area contributed by atoms with E-state index in [1.807, 2.05) is 85.8 Å². The van der Waals surface area contributed by atoms with Crippen LogP contribution in [0.3, 0.4) is 0 Å². The molecule has 1 N–H and O–H groups in total. The van der Waals surface area contributed by atoms with Crippen molar-refractivity contribution in [2.45, 2.75) is 6.92 Å². The molecule has 0 saturated heterocycles. The van der Waals surface area contributed by atoms with Gasteiger partial charge in [0, 0.05) is 11.1 Å². The van der Waals surface area contributed by atoms with Gasteiger partial charge in [0.2, 0.25) is 0 Å². The molecule has 0 aliphatic carbocycles. The molecule has 3 aromatic carbocycles. The molecule has 126 valence electrons. The Morgan fingerprint density at radius 3 is 2.00 bits per heavy atom. The van der Waals surface area contributed by atoms with Gasteiger partial charge in [-0.25, -0.2) is 4.99 Å². The van der Waals surface area contributed by atoms with E-state index >= 15 is 0 Å². The fourth-order valence-corrected chi connectivity index (χ4v) is 2.36. The van der Waals surface area contributed by atoms with Crippen LogP contribution in [0.4, 0.5) is 5.69 Å². The number of halogens is 2. The molecule has 0 amide bonds. The number of hydrogen-bond acceptors (Lipinski definition) is 2. The minimum absolute atomic E-state index is 0.125. The average Bonchev–Trinajstić information content (AvgIpc) is 2.65. The topological polar surface area (TPSA) is 32.6 Å². The van der Waals surface area contributed by atoms with Crippen molar-refractivity contribution in [1.29, 1.82) is 0 Å². The molecule has 0 heterocycles. The quantitative estimate of drug-likeness (QED) is 0.324. The molecule has 0 aliphatic heterocycles. The van der Waals surface area contributed by atoms with Crippen molar-refractivity contribution >= 4 is 37.7 Å². The maximum absolute atomic E-state index is 10.4. The molecule has 2 nitrogen and oxygen atoms in total. The van der Waals surface area contributed by atoms with E-state index in [4.69, 9.17) is 4.99 Å². The van der Waals surface area contributed by atoms with E-state index < -0.39 is 0 Å². The van der Waals surface area contributed by atoms with Crippen molar-refractivity contribution in [2.75, 3.05) is 0 Å². The zero-order valence-corrected chi connectivity index (χ0v) is 18.4. The summed E-state index contributed by atoms with van der Waals surface area (Å²) in [6.45, 7) is 1.89. The van der Waals surface area contributed by atoms with Crippen LogP contribution in [-0.2, 0) is 15.0 Å². The Balaban J connectivity index is 0.000000701. The minimum atomic E-state index is 0.125. The van der Waals surface area contributed by atoms with E-state index in [1.54, 1.807) is 0 Å². The van der Waals surface area contributed by atoms with Crippen molar-refractivity contribution in [1.82, 2.24) is 0 Å². The van der Waals surface area contributed by atoms with Crippen LogP contribution in [0.25, 0.3) is 0 Å². The molecule has 0 spiro atoms. The summed E-state index contributed by atoms with van der Waals surface area (Å²) in [5, 5.41) is 10.4. The Bertz CT molecular complexity index is 824. The summed E-state index contributed by atoms with van der Waals surface area (Å²) in [5.74, 6) is 0.279. The van der Waals surface area contributed by atoms with Gasteiger partial charge in [0.15, 0.2) is 0 Å². The van der Waals surface area contributed by atoms with Crippen molar-refractivity contribution in [3.63, 3.8) is 0 Å². The molecule has 0 aliphatic rings. The third-order valence-electron chi connectivity index (χ3n) is 3.54. The Hall–Kier alpha value is -1.20. The van der Waals surface area contributed by atoms with Crippen molar-refractivity contribution in [2.24, 2.45) is 4.99 Å². The number of aryl methyl sites for hydroxylation is 1. The number of nitrogens with zero attached hydrogens (tertiary/aromatic N) is 1.